The summed E-state index contributed by atoms with van der Waals surface area (Å²) < 4.78 is 27.7. The van der Waals surface area contributed by atoms with E-state index in [1.165, 1.54) is 17.7 Å². The molecule has 2 N–H and O–H groups in total. The van der Waals surface area contributed by atoms with Crippen molar-refractivity contribution < 1.29 is 13.2 Å². The molecule has 0 saturated carbocycles. The number of benzene rings is 2. The van der Waals surface area contributed by atoms with E-state index in [0.29, 0.717) is 23.0 Å². The monoisotopic (exact) mass is 466 g/mol. The Morgan fingerprint density at radius 2 is 1.48 bits per heavy atom. The van der Waals surface area contributed by atoms with Crippen LogP contribution < -0.4 is 10.0 Å². The Balaban J connectivity index is 1.66. The SMILES string of the molecule is Cc1cc(C)nc(NS(=O)(=O)c2ccc(NC(=O)C(C)c3ccc(CC(C)C)cc3)cc2)n1. The van der Waals surface area contributed by atoms with Gasteiger partial charge >= 0.3 is 0 Å². The smallest absolute Gasteiger partial charge is 0.264 e. The average molecular weight is 467 g/mol. The lowest BCUT2D eigenvalue weighted by atomic mass is 9.96. The molecule has 0 aliphatic rings. The fraction of sp³-hybridized carbons (Fsp3) is 0.320. The molecule has 0 aliphatic carbocycles. The van der Waals surface area contributed by atoms with Crippen molar-refractivity contribution in [1.82, 2.24) is 9.97 Å². The van der Waals surface area contributed by atoms with Gasteiger partial charge in [-0.1, -0.05) is 38.1 Å². The summed E-state index contributed by atoms with van der Waals surface area (Å²) in [5.74, 6) is 0.0963. The van der Waals surface area contributed by atoms with Gasteiger partial charge in [-0.25, -0.2) is 23.1 Å². The van der Waals surface area contributed by atoms with E-state index in [9.17, 15) is 13.2 Å². The van der Waals surface area contributed by atoms with Crippen LogP contribution in [-0.4, -0.2) is 24.3 Å². The highest BCUT2D eigenvalue weighted by atomic mass is 32.2. The lowest BCUT2D eigenvalue weighted by molar-refractivity contribution is -0.117. The quantitative estimate of drug-likeness (QED) is 0.495. The highest BCUT2D eigenvalue weighted by Gasteiger charge is 2.18. The Bertz CT molecular complexity index is 1200. The molecule has 1 heterocycles. The van der Waals surface area contributed by atoms with Crippen LogP contribution in [0.15, 0.2) is 59.5 Å². The summed E-state index contributed by atoms with van der Waals surface area (Å²) in [5.41, 5.74) is 4.03. The van der Waals surface area contributed by atoms with E-state index < -0.39 is 10.0 Å². The molecule has 0 radical (unpaired) electrons. The van der Waals surface area contributed by atoms with Gasteiger partial charge in [0.1, 0.15) is 0 Å². The first-order valence-corrected chi connectivity index (χ1v) is 12.4. The zero-order valence-corrected chi connectivity index (χ0v) is 20.4. The number of aromatic nitrogens is 2. The summed E-state index contributed by atoms with van der Waals surface area (Å²) in [4.78, 5) is 21.0. The molecule has 8 heteroatoms. The predicted octanol–water partition coefficient (Wildman–Crippen LogP) is 4.83. The third-order valence-electron chi connectivity index (χ3n) is 5.16. The Kier molecular flexibility index (Phi) is 7.48. The maximum absolute atomic E-state index is 12.7. The molecule has 0 aliphatic heterocycles. The number of carbonyl (C=O) groups is 1. The van der Waals surface area contributed by atoms with Crippen molar-refractivity contribution in [3.05, 3.63) is 77.1 Å². The third-order valence-corrected chi connectivity index (χ3v) is 6.50. The van der Waals surface area contributed by atoms with Crippen LogP contribution in [0.25, 0.3) is 0 Å². The molecule has 2 aromatic carbocycles. The Hall–Kier alpha value is -3.26. The lowest BCUT2D eigenvalue weighted by Gasteiger charge is -2.14. The second-order valence-electron chi connectivity index (χ2n) is 8.65. The number of carbonyl (C=O) groups excluding carboxylic acids is 1. The van der Waals surface area contributed by atoms with Gasteiger partial charge in [-0.15, -0.1) is 0 Å². The van der Waals surface area contributed by atoms with E-state index in [1.54, 1.807) is 32.0 Å². The lowest BCUT2D eigenvalue weighted by Crippen LogP contribution is -2.19. The second-order valence-corrected chi connectivity index (χ2v) is 10.3. The van der Waals surface area contributed by atoms with Crippen LogP contribution in [0.5, 0.6) is 0 Å². The highest BCUT2D eigenvalue weighted by Crippen LogP contribution is 2.21. The fourth-order valence-corrected chi connectivity index (χ4v) is 4.43. The van der Waals surface area contributed by atoms with Crippen molar-refractivity contribution in [3.8, 4) is 0 Å². The summed E-state index contributed by atoms with van der Waals surface area (Å²) in [5, 5.41) is 2.85. The van der Waals surface area contributed by atoms with E-state index in [-0.39, 0.29) is 22.7 Å². The molecule has 33 heavy (non-hydrogen) atoms. The number of anilines is 2. The Morgan fingerprint density at radius 1 is 0.909 bits per heavy atom. The van der Waals surface area contributed by atoms with E-state index in [2.05, 4.69) is 46.0 Å². The van der Waals surface area contributed by atoms with Gasteiger partial charge in [0.05, 0.1) is 10.8 Å². The molecule has 3 aromatic rings. The van der Waals surface area contributed by atoms with Gasteiger partial charge in [-0.3, -0.25) is 4.79 Å². The minimum Gasteiger partial charge on any atom is -0.326 e. The molecule has 0 saturated heterocycles. The largest absolute Gasteiger partial charge is 0.326 e. The summed E-state index contributed by atoms with van der Waals surface area (Å²) in [7, 11) is -3.85. The molecule has 1 aromatic heterocycles. The van der Waals surface area contributed by atoms with Crippen molar-refractivity contribution in [2.24, 2.45) is 5.92 Å². The second kappa shape index (κ2) is 10.1. The third kappa shape index (κ3) is 6.61. The van der Waals surface area contributed by atoms with E-state index in [4.69, 9.17) is 0 Å². The van der Waals surface area contributed by atoms with Crippen molar-refractivity contribution in [2.45, 2.75) is 51.9 Å². The molecule has 1 unspecified atom stereocenters. The van der Waals surface area contributed by atoms with Crippen LogP contribution in [0.2, 0.25) is 0 Å². The highest BCUT2D eigenvalue weighted by molar-refractivity contribution is 7.92. The maximum atomic E-state index is 12.7. The van der Waals surface area contributed by atoms with Crippen LogP contribution in [0.1, 0.15) is 49.2 Å². The normalized spacial score (nSPS) is 12.4. The van der Waals surface area contributed by atoms with Crippen LogP contribution in [0, 0.1) is 19.8 Å². The average Bonchev–Trinajstić information content (AvgIpc) is 2.72. The van der Waals surface area contributed by atoms with E-state index in [1.807, 2.05) is 19.1 Å². The molecule has 1 amide bonds. The molecule has 0 fully saturated rings. The van der Waals surface area contributed by atoms with Crippen molar-refractivity contribution in [3.63, 3.8) is 0 Å². The summed E-state index contributed by atoms with van der Waals surface area (Å²) in [6.45, 7) is 9.73. The van der Waals surface area contributed by atoms with E-state index >= 15 is 0 Å². The van der Waals surface area contributed by atoms with Gasteiger partial charge in [-0.05, 0) is 74.6 Å². The number of nitrogens with zero attached hydrogens (tertiary/aromatic N) is 2. The van der Waals surface area contributed by atoms with Crippen LogP contribution in [0.4, 0.5) is 11.6 Å². The molecule has 7 nitrogen and oxygen atoms in total. The summed E-state index contributed by atoms with van der Waals surface area (Å²) in [6, 6.07) is 15.8. The number of amides is 1. The van der Waals surface area contributed by atoms with Crippen molar-refractivity contribution in [1.29, 1.82) is 0 Å². The number of nitrogens with one attached hydrogen (secondary N) is 2. The molecule has 1 atom stereocenters. The van der Waals surface area contributed by atoms with Crippen molar-refractivity contribution >= 4 is 27.6 Å². The number of rotatable bonds is 8. The molecule has 0 bridgehead atoms. The first-order chi connectivity index (χ1) is 15.5. The van der Waals surface area contributed by atoms with Gasteiger partial charge in [-0.2, -0.15) is 0 Å². The first kappa shape index (κ1) is 24.4. The molecular weight excluding hydrogens is 436 g/mol. The predicted molar refractivity (Wildman–Crippen MR) is 131 cm³/mol. The topological polar surface area (TPSA) is 101 Å². The summed E-state index contributed by atoms with van der Waals surface area (Å²) >= 11 is 0. The van der Waals surface area contributed by atoms with Crippen LogP contribution in [0.3, 0.4) is 0 Å². The van der Waals surface area contributed by atoms with Crippen LogP contribution >= 0.6 is 0 Å². The Morgan fingerprint density at radius 3 is 2.03 bits per heavy atom. The van der Waals surface area contributed by atoms with Gasteiger partial charge in [0.25, 0.3) is 10.0 Å². The van der Waals surface area contributed by atoms with Gasteiger partial charge < -0.3 is 5.32 Å². The number of hydrogen-bond donors (Lipinski definition) is 2. The zero-order valence-electron chi connectivity index (χ0n) is 19.6. The van der Waals surface area contributed by atoms with Gasteiger partial charge in [0.15, 0.2) is 0 Å². The molecular formula is C25H30N4O3S. The number of sulfonamides is 1. The van der Waals surface area contributed by atoms with Gasteiger partial charge in [0, 0.05) is 17.1 Å². The zero-order chi connectivity index (χ0) is 24.2. The standard InChI is InChI=1S/C25H30N4O3S/c1-16(2)14-20-6-8-21(9-7-20)19(5)24(30)28-22-10-12-23(13-11-22)33(31,32)29-25-26-17(3)15-18(4)27-25/h6-13,15-16,19H,14H2,1-5H3,(H,28,30)(H,26,27,29). The maximum Gasteiger partial charge on any atom is 0.264 e. The van der Waals surface area contributed by atoms with E-state index in [0.717, 1.165) is 12.0 Å². The number of aryl methyl sites for hydroxylation is 2. The molecule has 3 rings (SSSR count). The minimum absolute atomic E-state index is 0.0260. The first-order valence-electron chi connectivity index (χ1n) is 10.9. The van der Waals surface area contributed by atoms with Crippen LogP contribution in [-0.2, 0) is 21.2 Å². The summed E-state index contributed by atoms with van der Waals surface area (Å²) in [6.07, 6.45) is 1.00. The number of hydrogen-bond acceptors (Lipinski definition) is 5. The van der Waals surface area contributed by atoms with Crippen molar-refractivity contribution in [2.75, 3.05) is 10.0 Å². The Labute approximate surface area is 195 Å². The minimum atomic E-state index is -3.85. The molecule has 0 spiro atoms. The molecule has 174 valence electrons. The fourth-order valence-electron chi connectivity index (χ4n) is 3.48. The van der Waals surface area contributed by atoms with Gasteiger partial charge in [0.2, 0.25) is 11.9 Å².